The summed E-state index contributed by atoms with van der Waals surface area (Å²) in [6.07, 6.45) is 2.69. The first-order valence-electron chi connectivity index (χ1n) is 4.98. The molecule has 1 unspecified atom stereocenters. The first kappa shape index (κ1) is 11.7. The Kier molecular flexibility index (Phi) is 3.65. The van der Waals surface area contributed by atoms with Crippen LogP contribution in [-0.2, 0) is 6.42 Å². The molecule has 3 N–H and O–H groups in total. The van der Waals surface area contributed by atoms with Gasteiger partial charge < -0.3 is 0 Å². The summed E-state index contributed by atoms with van der Waals surface area (Å²) in [4.78, 5) is 9.83. The van der Waals surface area contributed by atoms with Crippen molar-refractivity contribution in [2.24, 2.45) is 5.84 Å². The molecule has 1 atom stereocenters. The SMILES string of the molecule is Cc1nc(CC(NN)c2cnc(C)s2)cs1. The van der Waals surface area contributed by atoms with Crippen molar-refractivity contribution in [1.29, 1.82) is 0 Å². The fourth-order valence-corrected chi connectivity index (χ4v) is 2.96. The lowest BCUT2D eigenvalue weighted by molar-refractivity contribution is 0.554. The molecule has 0 spiro atoms. The third kappa shape index (κ3) is 2.65. The van der Waals surface area contributed by atoms with E-state index >= 15 is 0 Å². The summed E-state index contributed by atoms with van der Waals surface area (Å²) in [5.74, 6) is 5.57. The summed E-state index contributed by atoms with van der Waals surface area (Å²) in [7, 11) is 0. The van der Waals surface area contributed by atoms with Crippen molar-refractivity contribution >= 4 is 22.7 Å². The molecule has 0 saturated carbocycles. The highest BCUT2D eigenvalue weighted by molar-refractivity contribution is 7.11. The number of hydrogen-bond acceptors (Lipinski definition) is 6. The number of aryl methyl sites for hydroxylation is 2. The summed E-state index contributed by atoms with van der Waals surface area (Å²) in [6.45, 7) is 4.00. The van der Waals surface area contributed by atoms with Crippen LogP contribution in [0.3, 0.4) is 0 Å². The number of nitrogens with one attached hydrogen (secondary N) is 1. The third-order valence-corrected chi connectivity index (χ3v) is 4.11. The van der Waals surface area contributed by atoms with Gasteiger partial charge in [-0.05, 0) is 13.8 Å². The molecule has 2 heterocycles. The zero-order chi connectivity index (χ0) is 11.5. The lowest BCUT2D eigenvalue weighted by Crippen LogP contribution is -2.29. The predicted octanol–water partition coefficient (Wildman–Crippen LogP) is 1.96. The Morgan fingerprint density at radius 2 is 2.25 bits per heavy atom. The number of hydrogen-bond donors (Lipinski definition) is 2. The van der Waals surface area contributed by atoms with Crippen LogP contribution >= 0.6 is 22.7 Å². The molecule has 0 aliphatic rings. The van der Waals surface area contributed by atoms with Gasteiger partial charge in [0.1, 0.15) is 0 Å². The van der Waals surface area contributed by atoms with Gasteiger partial charge in [0.25, 0.3) is 0 Å². The van der Waals surface area contributed by atoms with E-state index in [2.05, 4.69) is 20.8 Å². The van der Waals surface area contributed by atoms with Gasteiger partial charge in [0.2, 0.25) is 0 Å². The number of thiazole rings is 2. The molecule has 6 heteroatoms. The van der Waals surface area contributed by atoms with Crippen LogP contribution in [0.2, 0.25) is 0 Å². The summed E-state index contributed by atoms with van der Waals surface area (Å²) >= 11 is 3.33. The Hall–Kier alpha value is -0.820. The highest BCUT2D eigenvalue weighted by Gasteiger charge is 2.14. The van der Waals surface area contributed by atoms with Crippen LogP contribution in [0.1, 0.15) is 26.6 Å². The lowest BCUT2D eigenvalue weighted by Gasteiger charge is -2.11. The van der Waals surface area contributed by atoms with E-state index < -0.39 is 0 Å². The molecule has 0 aliphatic carbocycles. The molecule has 0 fully saturated rings. The number of nitrogens with two attached hydrogens (primary N) is 1. The molecule has 0 amide bonds. The van der Waals surface area contributed by atoms with Gasteiger partial charge in [-0.15, -0.1) is 22.7 Å². The fraction of sp³-hybridized carbons (Fsp3) is 0.400. The van der Waals surface area contributed by atoms with E-state index in [-0.39, 0.29) is 6.04 Å². The monoisotopic (exact) mass is 254 g/mol. The van der Waals surface area contributed by atoms with Gasteiger partial charge in [0, 0.05) is 22.9 Å². The Morgan fingerprint density at radius 3 is 2.75 bits per heavy atom. The molecule has 86 valence electrons. The second-order valence-electron chi connectivity index (χ2n) is 3.56. The van der Waals surface area contributed by atoms with E-state index in [9.17, 15) is 0 Å². The van der Waals surface area contributed by atoms with Crippen molar-refractivity contribution in [2.75, 3.05) is 0 Å². The maximum atomic E-state index is 5.57. The van der Waals surface area contributed by atoms with Crippen molar-refractivity contribution in [1.82, 2.24) is 15.4 Å². The van der Waals surface area contributed by atoms with Crippen molar-refractivity contribution in [3.05, 3.63) is 32.2 Å². The molecule has 2 rings (SSSR count). The molecule has 0 radical (unpaired) electrons. The zero-order valence-electron chi connectivity index (χ0n) is 9.23. The first-order valence-corrected chi connectivity index (χ1v) is 6.68. The summed E-state index contributed by atoms with van der Waals surface area (Å²) < 4.78 is 0. The smallest absolute Gasteiger partial charge is 0.0897 e. The van der Waals surface area contributed by atoms with Gasteiger partial charge in [-0.2, -0.15) is 0 Å². The molecular formula is C10H14N4S2. The maximum Gasteiger partial charge on any atom is 0.0897 e. The van der Waals surface area contributed by atoms with Gasteiger partial charge in [-0.1, -0.05) is 0 Å². The van der Waals surface area contributed by atoms with Gasteiger partial charge >= 0.3 is 0 Å². The van der Waals surface area contributed by atoms with Gasteiger partial charge in [0.15, 0.2) is 0 Å². The third-order valence-electron chi connectivity index (χ3n) is 2.26. The van der Waals surface area contributed by atoms with Crippen molar-refractivity contribution in [2.45, 2.75) is 26.3 Å². The minimum absolute atomic E-state index is 0.104. The molecule has 0 bridgehead atoms. The number of nitrogens with zero attached hydrogens (tertiary/aromatic N) is 2. The topological polar surface area (TPSA) is 63.8 Å². The van der Waals surface area contributed by atoms with Crippen LogP contribution in [0.5, 0.6) is 0 Å². The number of rotatable bonds is 4. The molecule has 16 heavy (non-hydrogen) atoms. The van der Waals surface area contributed by atoms with Crippen LogP contribution in [0.25, 0.3) is 0 Å². The van der Waals surface area contributed by atoms with Gasteiger partial charge in [-0.3, -0.25) is 11.3 Å². The van der Waals surface area contributed by atoms with Crippen LogP contribution in [0.4, 0.5) is 0 Å². The van der Waals surface area contributed by atoms with Crippen LogP contribution < -0.4 is 11.3 Å². The summed E-state index contributed by atoms with van der Waals surface area (Å²) in [6, 6.07) is 0.104. The highest BCUT2D eigenvalue weighted by atomic mass is 32.1. The van der Waals surface area contributed by atoms with Crippen LogP contribution in [-0.4, -0.2) is 9.97 Å². The second kappa shape index (κ2) is 5.01. The van der Waals surface area contributed by atoms with Crippen LogP contribution in [0.15, 0.2) is 11.6 Å². The van der Waals surface area contributed by atoms with E-state index in [0.717, 1.165) is 27.0 Å². The largest absolute Gasteiger partial charge is 0.271 e. The summed E-state index contributed by atoms with van der Waals surface area (Å²) in [5.41, 5.74) is 3.90. The number of aromatic nitrogens is 2. The first-order chi connectivity index (χ1) is 7.69. The fourth-order valence-electron chi connectivity index (χ4n) is 1.49. The second-order valence-corrected chi connectivity index (χ2v) is 5.89. The van der Waals surface area contributed by atoms with Crippen molar-refractivity contribution in [3.63, 3.8) is 0 Å². The van der Waals surface area contributed by atoms with E-state index in [1.807, 2.05) is 20.0 Å². The standard InChI is InChI=1S/C10H14N4S2/c1-6-12-4-10(16-6)9(14-11)3-8-5-15-7(2)13-8/h4-5,9,14H,3,11H2,1-2H3. The molecule has 0 aromatic carbocycles. The Balaban J connectivity index is 2.12. The predicted molar refractivity (Wildman–Crippen MR) is 67.5 cm³/mol. The number of hydrazine groups is 1. The van der Waals surface area contributed by atoms with E-state index in [0.29, 0.717) is 0 Å². The molecule has 0 aliphatic heterocycles. The molecule has 2 aromatic rings. The molecular weight excluding hydrogens is 240 g/mol. The van der Waals surface area contributed by atoms with E-state index in [1.165, 1.54) is 0 Å². The Bertz CT molecular complexity index is 463. The molecule has 4 nitrogen and oxygen atoms in total. The summed E-state index contributed by atoms with van der Waals surface area (Å²) in [5, 5.41) is 4.23. The minimum Gasteiger partial charge on any atom is -0.271 e. The lowest BCUT2D eigenvalue weighted by atomic mass is 10.1. The minimum atomic E-state index is 0.104. The Labute approximate surface area is 103 Å². The molecule has 2 aromatic heterocycles. The molecule has 0 saturated heterocycles. The van der Waals surface area contributed by atoms with Gasteiger partial charge in [0.05, 0.1) is 21.8 Å². The maximum absolute atomic E-state index is 5.57. The normalized spacial score (nSPS) is 12.9. The van der Waals surface area contributed by atoms with E-state index in [1.54, 1.807) is 22.7 Å². The van der Waals surface area contributed by atoms with Crippen LogP contribution in [0, 0.1) is 13.8 Å². The zero-order valence-corrected chi connectivity index (χ0v) is 10.9. The van der Waals surface area contributed by atoms with Crippen molar-refractivity contribution in [3.8, 4) is 0 Å². The average Bonchev–Trinajstić information content (AvgIpc) is 2.84. The highest BCUT2D eigenvalue weighted by Crippen LogP contribution is 2.23. The van der Waals surface area contributed by atoms with E-state index in [4.69, 9.17) is 5.84 Å². The van der Waals surface area contributed by atoms with Gasteiger partial charge in [-0.25, -0.2) is 9.97 Å². The quantitative estimate of drug-likeness (QED) is 0.647. The average molecular weight is 254 g/mol. The Morgan fingerprint density at radius 1 is 1.44 bits per heavy atom. The van der Waals surface area contributed by atoms with Crippen molar-refractivity contribution < 1.29 is 0 Å².